The van der Waals surface area contributed by atoms with Crippen molar-refractivity contribution in [1.29, 1.82) is 0 Å². The van der Waals surface area contributed by atoms with Crippen molar-refractivity contribution in [3.05, 3.63) is 66.6 Å². The number of pyridine rings is 1. The van der Waals surface area contributed by atoms with Crippen LogP contribution in [0.4, 0.5) is 11.4 Å². The second-order valence-corrected chi connectivity index (χ2v) is 6.91. The number of nitrogens with zero attached hydrogens (tertiary/aromatic N) is 5. The number of hydrogen-bond acceptors (Lipinski definition) is 5. The van der Waals surface area contributed by atoms with Crippen LogP contribution in [0.25, 0.3) is 11.3 Å². The fraction of sp³-hybridized carbons (Fsp3) is 0.190. The number of amides is 1. The summed E-state index contributed by atoms with van der Waals surface area (Å²) in [4.78, 5) is 22.5. The number of hydrogen-bond donors (Lipinski definition) is 1. The minimum Gasteiger partial charge on any atom is -0.494 e. The van der Waals surface area contributed by atoms with Crippen molar-refractivity contribution >= 4 is 22.9 Å². The number of methoxy groups -OCH3 is 1. The van der Waals surface area contributed by atoms with Crippen LogP contribution in [-0.4, -0.2) is 50.9 Å². The Labute approximate surface area is 168 Å². The third kappa shape index (κ3) is 3.52. The average Bonchev–Trinajstić information content (AvgIpc) is 3.34. The van der Waals surface area contributed by atoms with Gasteiger partial charge in [-0.2, -0.15) is 0 Å². The number of carbonyl (C=O) groups is 1. The molecule has 4 rings (SSSR count). The lowest BCUT2D eigenvalue weighted by Crippen LogP contribution is -2.21. The molecule has 0 aliphatic rings. The first-order valence-corrected chi connectivity index (χ1v) is 9.11. The number of nitrogens with one attached hydrogen (secondary N) is 1. The van der Waals surface area contributed by atoms with Crippen LogP contribution in [0.3, 0.4) is 0 Å². The van der Waals surface area contributed by atoms with Crippen LogP contribution >= 0.6 is 0 Å². The minimum absolute atomic E-state index is 0.138. The number of aromatic nitrogens is 4. The van der Waals surface area contributed by atoms with Crippen molar-refractivity contribution < 1.29 is 9.53 Å². The summed E-state index contributed by atoms with van der Waals surface area (Å²) < 4.78 is 9.33. The lowest BCUT2D eigenvalue weighted by molar-refractivity contribution is 0.0822. The van der Waals surface area contributed by atoms with E-state index in [0.717, 1.165) is 22.8 Å². The van der Waals surface area contributed by atoms with Crippen LogP contribution in [0.1, 0.15) is 16.2 Å². The highest BCUT2D eigenvalue weighted by atomic mass is 16.5. The Morgan fingerprint density at radius 2 is 2.03 bits per heavy atom. The number of carbonyl (C=O) groups excluding carboxylic acids is 1. The molecule has 1 aromatic carbocycles. The molecular weight excluding hydrogens is 368 g/mol. The van der Waals surface area contributed by atoms with Gasteiger partial charge in [-0.25, -0.2) is 9.97 Å². The van der Waals surface area contributed by atoms with Gasteiger partial charge in [0, 0.05) is 44.4 Å². The Hall–Kier alpha value is -3.81. The maximum atomic E-state index is 12.2. The Morgan fingerprint density at radius 1 is 1.21 bits per heavy atom. The summed E-state index contributed by atoms with van der Waals surface area (Å²) in [6, 6.07) is 9.68. The summed E-state index contributed by atoms with van der Waals surface area (Å²) in [5.74, 6) is 0.576. The Kier molecular flexibility index (Phi) is 4.67. The highest BCUT2D eigenvalue weighted by Crippen LogP contribution is 2.29. The van der Waals surface area contributed by atoms with Gasteiger partial charge >= 0.3 is 0 Å². The van der Waals surface area contributed by atoms with E-state index >= 15 is 0 Å². The molecule has 4 aromatic rings. The SMILES string of the molecule is COc1cc(Nc2cccn3cc(C(=O)N(C)C)nc23)ccc1-n1cnc(C)c1. The highest BCUT2D eigenvalue weighted by Gasteiger charge is 2.15. The monoisotopic (exact) mass is 390 g/mol. The van der Waals surface area contributed by atoms with Crippen molar-refractivity contribution in [3.8, 4) is 11.4 Å². The molecule has 0 saturated carbocycles. The van der Waals surface area contributed by atoms with Crippen LogP contribution in [0.5, 0.6) is 5.75 Å². The fourth-order valence-electron chi connectivity index (χ4n) is 3.12. The summed E-state index contributed by atoms with van der Waals surface area (Å²) in [5.41, 5.74) is 4.54. The van der Waals surface area contributed by atoms with Crippen LogP contribution in [0.15, 0.2) is 55.2 Å². The normalized spacial score (nSPS) is 10.9. The molecule has 0 fully saturated rings. The Morgan fingerprint density at radius 3 is 2.72 bits per heavy atom. The standard InChI is InChI=1S/C21H22N6O2/c1-14-11-27(13-22-14)18-8-7-15(10-19(18)29-4)23-16-6-5-9-26-12-17(24-20(16)26)21(28)25(2)3/h5-13,23H,1-4H3. The number of benzene rings is 1. The molecule has 8 nitrogen and oxygen atoms in total. The second-order valence-electron chi connectivity index (χ2n) is 6.91. The average molecular weight is 390 g/mol. The van der Waals surface area contributed by atoms with E-state index in [1.807, 2.05) is 58.6 Å². The van der Waals surface area contributed by atoms with Gasteiger partial charge in [0.15, 0.2) is 5.65 Å². The van der Waals surface area contributed by atoms with E-state index in [0.29, 0.717) is 17.1 Å². The topological polar surface area (TPSA) is 76.7 Å². The number of rotatable bonds is 5. The van der Waals surface area contributed by atoms with E-state index in [1.165, 1.54) is 4.90 Å². The molecule has 8 heteroatoms. The predicted octanol–water partition coefficient (Wildman–Crippen LogP) is 3.28. The van der Waals surface area contributed by atoms with Crippen molar-refractivity contribution in [2.45, 2.75) is 6.92 Å². The molecule has 3 heterocycles. The highest BCUT2D eigenvalue weighted by molar-refractivity contribution is 5.93. The lowest BCUT2D eigenvalue weighted by Gasteiger charge is -2.13. The maximum Gasteiger partial charge on any atom is 0.273 e. The lowest BCUT2D eigenvalue weighted by atomic mass is 10.2. The molecule has 1 amide bonds. The van der Waals surface area contributed by atoms with Gasteiger partial charge in [0.25, 0.3) is 5.91 Å². The maximum absolute atomic E-state index is 12.2. The van der Waals surface area contributed by atoms with E-state index in [1.54, 1.807) is 33.7 Å². The van der Waals surface area contributed by atoms with Gasteiger partial charge in [0.1, 0.15) is 11.4 Å². The zero-order valence-electron chi connectivity index (χ0n) is 16.7. The molecule has 0 unspecified atom stereocenters. The Balaban J connectivity index is 1.69. The summed E-state index contributed by atoms with van der Waals surface area (Å²) in [6.45, 7) is 1.94. The molecule has 0 spiro atoms. The summed E-state index contributed by atoms with van der Waals surface area (Å²) in [6.07, 6.45) is 7.30. The van der Waals surface area contributed by atoms with Crippen molar-refractivity contribution in [3.63, 3.8) is 0 Å². The number of fused-ring (bicyclic) bond motifs is 1. The molecule has 1 N–H and O–H groups in total. The van der Waals surface area contributed by atoms with Crippen molar-refractivity contribution in [2.24, 2.45) is 0 Å². The van der Waals surface area contributed by atoms with Gasteiger partial charge in [-0.3, -0.25) is 4.79 Å². The Bertz CT molecular complexity index is 1190. The number of imidazole rings is 2. The quantitative estimate of drug-likeness (QED) is 0.566. The van der Waals surface area contributed by atoms with Gasteiger partial charge in [0.2, 0.25) is 0 Å². The van der Waals surface area contributed by atoms with E-state index in [2.05, 4.69) is 15.3 Å². The van der Waals surface area contributed by atoms with E-state index in [-0.39, 0.29) is 5.91 Å². The third-order valence-electron chi connectivity index (χ3n) is 4.56. The molecule has 148 valence electrons. The molecule has 0 aliphatic carbocycles. The van der Waals surface area contributed by atoms with Gasteiger partial charge in [0.05, 0.1) is 30.5 Å². The van der Waals surface area contributed by atoms with Crippen molar-refractivity contribution in [1.82, 2.24) is 23.8 Å². The van der Waals surface area contributed by atoms with Crippen LogP contribution < -0.4 is 10.1 Å². The number of anilines is 2. The molecule has 0 radical (unpaired) electrons. The van der Waals surface area contributed by atoms with Crippen LogP contribution in [0, 0.1) is 6.92 Å². The molecule has 0 aliphatic heterocycles. The first-order valence-electron chi connectivity index (χ1n) is 9.11. The summed E-state index contributed by atoms with van der Waals surface area (Å²) in [7, 11) is 5.06. The van der Waals surface area contributed by atoms with Gasteiger partial charge in [-0.05, 0) is 31.2 Å². The zero-order valence-corrected chi connectivity index (χ0v) is 16.7. The smallest absolute Gasteiger partial charge is 0.273 e. The van der Waals surface area contributed by atoms with Gasteiger partial charge in [-0.1, -0.05) is 0 Å². The largest absolute Gasteiger partial charge is 0.494 e. The molecule has 3 aromatic heterocycles. The summed E-state index contributed by atoms with van der Waals surface area (Å²) >= 11 is 0. The molecular formula is C21H22N6O2. The van der Waals surface area contributed by atoms with Crippen LogP contribution in [-0.2, 0) is 0 Å². The van der Waals surface area contributed by atoms with Crippen molar-refractivity contribution in [2.75, 3.05) is 26.5 Å². The van der Waals surface area contributed by atoms with E-state index < -0.39 is 0 Å². The number of aryl methyl sites for hydroxylation is 1. The molecule has 0 saturated heterocycles. The zero-order chi connectivity index (χ0) is 20.5. The van der Waals surface area contributed by atoms with E-state index in [9.17, 15) is 4.79 Å². The minimum atomic E-state index is -0.138. The third-order valence-corrected chi connectivity index (χ3v) is 4.56. The van der Waals surface area contributed by atoms with Crippen LogP contribution in [0.2, 0.25) is 0 Å². The predicted molar refractivity (Wildman–Crippen MR) is 111 cm³/mol. The fourth-order valence-corrected chi connectivity index (χ4v) is 3.12. The molecule has 0 bridgehead atoms. The molecule has 0 atom stereocenters. The first-order chi connectivity index (χ1) is 14.0. The molecule has 29 heavy (non-hydrogen) atoms. The van der Waals surface area contributed by atoms with E-state index in [4.69, 9.17) is 4.74 Å². The number of ether oxygens (including phenoxy) is 1. The second kappa shape index (κ2) is 7.31. The van der Waals surface area contributed by atoms with Gasteiger partial charge < -0.3 is 23.9 Å². The summed E-state index contributed by atoms with van der Waals surface area (Å²) in [5, 5.41) is 3.37. The first kappa shape index (κ1) is 18.5. The van der Waals surface area contributed by atoms with Gasteiger partial charge in [-0.15, -0.1) is 0 Å².